The minimum atomic E-state index is -0.386. The molecule has 1 heterocycles. The lowest BCUT2D eigenvalue weighted by Crippen LogP contribution is -2.00. The standard InChI is InChI=1S/C17H11FN2O/c18-15-7-6-13(10-19)14(9-15)11-21-16-5-1-3-12-4-2-8-20-17(12)16/h1-9H,11H2. The minimum absolute atomic E-state index is 0.121. The zero-order valence-electron chi connectivity index (χ0n) is 11.1. The van der Waals surface area contributed by atoms with Gasteiger partial charge in [-0.3, -0.25) is 4.98 Å². The van der Waals surface area contributed by atoms with E-state index < -0.39 is 0 Å². The van der Waals surface area contributed by atoms with Gasteiger partial charge in [0.05, 0.1) is 11.6 Å². The Morgan fingerprint density at radius 2 is 2.00 bits per heavy atom. The molecule has 0 saturated carbocycles. The Morgan fingerprint density at radius 3 is 2.86 bits per heavy atom. The summed E-state index contributed by atoms with van der Waals surface area (Å²) in [4.78, 5) is 4.29. The fraction of sp³-hybridized carbons (Fsp3) is 0.0588. The maximum absolute atomic E-state index is 13.3. The zero-order chi connectivity index (χ0) is 14.7. The Bertz CT molecular complexity index is 834. The fourth-order valence-corrected chi connectivity index (χ4v) is 2.14. The number of nitriles is 1. The van der Waals surface area contributed by atoms with E-state index in [9.17, 15) is 4.39 Å². The van der Waals surface area contributed by atoms with Gasteiger partial charge in [0.2, 0.25) is 0 Å². The lowest BCUT2D eigenvalue weighted by Gasteiger charge is -2.09. The largest absolute Gasteiger partial charge is 0.487 e. The number of benzene rings is 2. The average Bonchev–Trinajstić information content (AvgIpc) is 2.53. The Kier molecular flexibility index (Phi) is 3.48. The molecule has 0 aliphatic heterocycles. The lowest BCUT2D eigenvalue weighted by atomic mass is 10.1. The highest BCUT2D eigenvalue weighted by Crippen LogP contribution is 2.24. The maximum atomic E-state index is 13.3. The lowest BCUT2D eigenvalue weighted by molar-refractivity contribution is 0.308. The molecule has 0 amide bonds. The summed E-state index contributed by atoms with van der Waals surface area (Å²) >= 11 is 0. The zero-order valence-corrected chi connectivity index (χ0v) is 11.1. The first kappa shape index (κ1) is 13.1. The van der Waals surface area contributed by atoms with Crippen LogP contribution in [0.3, 0.4) is 0 Å². The van der Waals surface area contributed by atoms with E-state index >= 15 is 0 Å². The second-order valence-electron chi connectivity index (χ2n) is 4.53. The normalized spacial score (nSPS) is 10.3. The molecule has 0 aliphatic carbocycles. The number of hydrogen-bond donors (Lipinski definition) is 0. The van der Waals surface area contributed by atoms with E-state index in [0.717, 1.165) is 10.9 Å². The summed E-state index contributed by atoms with van der Waals surface area (Å²) in [5.41, 5.74) is 1.67. The van der Waals surface area contributed by atoms with Gasteiger partial charge >= 0.3 is 0 Å². The van der Waals surface area contributed by atoms with Gasteiger partial charge in [0, 0.05) is 17.1 Å². The summed E-state index contributed by atoms with van der Waals surface area (Å²) < 4.78 is 19.0. The number of halogens is 1. The van der Waals surface area contributed by atoms with E-state index in [2.05, 4.69) is 4.98 Å². The summed E-state index contributed by atoms with van der Waals surface area (Å²) in [7, 11) is 0. The highest BCUT2D eigenvalue weighted by molar-refractivity contribution is 5.84. The molecule has 3 rings (SSSR count). The highest BCUT2D eigenvalue weighted by Gasteiger charge is 2.07. The molecule has 3 aromatic rings. The second kappa shape index (κ2) is 5.59. The number of nitrogens with zero attached hydrogens (tertiary/aromatic N) is 2. The van der Waals surface area contributed by atoms with E-state index in [0.29, 0.717) is 16.9 Å². The van der Waals surface area contributed by atoms with E-state index in [-0.39, 0.29) is 12.4 Å². The summed E-state index contributed by atoms with van der Waals surface area (Å²) in [5.74, 6) is 0.227. The monoisotopic (exact) mass is 278 g/mol. The second-order valence-corrected chi connectivity index (χ2v) is 4.53. The Morgan fingerprint density at radius 1 is 1.14 bits per heavy atom. The van der Waals surface area contributed by atoms with Crippen LogP contribution in [0, 0.1) is 17.1 Å². The van der Waals surface area contributed by atoms with Crippen LogP contribution in [-0.2, 0) is 6.61 Å². The van der Waals surface area contributed by atoms with Crippen LogP contribution < -0.4 is 4.74 Å². The van der Waals surface area contributed by atoms with E-state index in [1.807, 2.05) is 30.3 Å². The number of para-hydroxylation sites is 1. The molecule has 0 N–H and O–H groups in total. The molecular formula is C17H11FN2O. The van der Waals surface area contributed by atoms with Crippen molar-refractivity contribution in [2.75, 3.05) is 0 Å². The molecule has 1 aromatic heterocycles. The molecule has 4 heteroatoms. The van der Waals surface area contributed by atoms with Crippen LogP contribution in [-0.4, -0.2) is 4.98 Å². The number of fused-ring (bicyclic) bond motifs is 1. The van der Waals surface area contributed by atoms with Gasteiger partial charge in [-0.15, -0.1) is 0 Å². The summed E-state index contributed by atoms with van der Waals surface area (Å²) in [6.45, 7) is 0.121. The SMILES string of the molecule is N#Cc1ccc(F)cc1COc1cccc2cccnc12. The molecule has 21 heavy (non-hydrogen) atoms. The molecule has 102 valence electrons. The third-order valence-corrected chi connectivity index (χ3v) is 3.17. The van der Waals surface area contributed by atoms with Gasteiger partial charge in [0.15, 0.2) is 0 Å². The first-order valence-electron chi connectivity index (χ1n) is 6.43. The molecule has 0 spiro atoms. The van der Waals surface area contributed by atoms with Crippen LogP contribution in [0.4, 0.5) is 4.39 Å². The van der Waals surface area contributed by atoms with Crippen molar-refractivity contribution in [2.45, 2.75) is 6.61 Å². The Hall–Kier alpha value is -2.93. The molecule has 0 bridgehead atoms. The number of hydrogen-bond acceptors (Lipinski definition) is 3. The van der Waals surface area contributed by atoms with Crippen molar-refractivity contribution in [2.24, 2.45) is 0 Å². The molecule has 0 fully saturated rings. The molecule has 0 unspecified atom stereocenters. The highest BCUT2D eigenvalue weighted by atomic mass is 19.1. The van der Waals surface area contributed by atoms with Crippen LogP contribution in [0.25, 0.3) is 10.9 Å². The Labute approximate surface area is 121 Å². The minimum Gasteiger partial charge on any atom is -0.487 e. The van der Waals surface area contributed by atoms with Gasteiger partial charge in [-0.2, -0.15) is 5.26 Å². The molecule has 3 nitrogen and oxygen atoms in total. The van der Waals surface area contributed by atoms with Gasteiger partial charge in [0.1, 0.15) is 23.7 Å². The topological polar surface area (TPSA) is 45.9 Å². The van der Waals surface area contributed by atoms with Crippen molar-refractivity contribution in [3.8, 4) is 11.8 Å². The third kappa shape index (κ3) is 2.67. The number of pyridine rings is 1. The van der Waals surface area contributed by atoms with Crippen LogP contribution >= 0.6 is 0 Å². The molecule has 0 saturated heterocycles. The molecule has 0 atom stereocenters. The van der Waals surface area contributed by atoms with E-state index in [1.165, 1.54) is 18.2 Å². The van der Waals surface area contributed by atoms with E-state index in [4.69, 9.17) is 10.00 Å². The van der Waals surface area contributed by atoms with Crippen molar-refractivity contribution in [1.29, 1.82) is 5.26 Å². The van der Waals surface area contributed by atoms with Gasteiger partial charge < -0.3 is 4.74 Å². The number of rotatable bonds is 3. The Balaban J connectivity index is 1.91. The van der Waals surface area contributed by atoms with Crippen molar-refractivity contribution in [3.63, 3.8) is 0 Å². The van der Waals surface area contributed by atoms with Crippen molar-refractivity contribution in [1.82, 2.24) is 4.98 Å². The quantitative estimate of drug-likeness (QED) is 0.731. The third-order valence-electron chi connectivity index (χ3n) is 3.17. The maximum Gasteiger partial charge on any atom is 0.146 e. The van der Waals surface area contributed by atoms with Crippen molar-refractivity contribution >= 4 is 10.9 Å². The summed E-state index contributed by atoms with van der Waals surface area (Å²) in [6, 6.07) is 15.5. The van der Waals surface area contributed by atoms with Crippen molar-refractivity contribution in [3.05, 3.63) is 71.7 Å². The van der Waals surface area contributed by atoms with Crippen LogP contribution in [0.1, 0.15) is 11.1 Å². The molecular weight excluding hydrogens is 267 g/mol. The summed E-state index contributed by atoms with van der Waals surface area (Å²) in [6.07, 6.45) is 1.69. The van der Waals surface area contributed by atoms with Gasteiger partial charge in [0.25, 0.3) is 0 Å². The first-order valence-corrected chi connectivity index (χ1v) is 6.43. The van der Waals surface area contributed by atoms with Crippen molar-refractivity contribution < 1.29 is 9.13 Å². The van der Waals surface area contributed by atoms with Gasteiger partial charge in [-0.1, -0.05) is 18.2 Å². The molecule has 0 aliphatic rings. The average molecular weight is 278 g/mol. The summed E-state index contributed by atoms with van der Waals surface area (Å²) in [5, 5.41) is 10.0. The number of ether oxygens (including phenoxy) is 1. The number of aromatic nitrogens is 1. The van der Waals surface area contributed by atoms with Gasteiger partial charge in [-0.25, -0.2) is 4.39 Å². The van der Waals surface area contributed by atoms with Crippen LogP contribution in [0.15, 0.2) is 54.7 Å². The van der Waals surface area contributed by atoms with E-state index in [1.54, 1.807) is 12.3 Å². The van der Waals surface area contributed by atoms with Crippen LogP contribution in [0.2, 0.25) is 0 Å². The van der Waals surface area contributed by atoms with Crippen LogP contribution in [0.5, 0.6) is 5.75 Å². The molecule has 0 radical (unpaired) electrons. The smallest absolute Gasteiger partial charge is 0.146 e. The molecule has 2 aromatic carbocycles. The predicted octanol–water partition coefficient (Wildman–Crippen LogP) is 3.82. The van der Waals surface area contributed by atoms with Gasteiger partial charge in [-0.05, 0) is 30.3 Å². The first-order chi connectivity index (χ1) is 10.3. The predicted molar refractivity (Wildman–Crippen MR) is 77.2 cm³/mol. The fourth-order valence-electron chi connectivity index (χ4n) is 2.14.